The molecule has 0 bridgehead atoms. The molecular weight excluding hydrogens is 490 g/mol. The maximum atomic E-state index is 14.9. The van der Waals surface area contributed by atoms with Gasteiger partial charge in [-0.25, -0.2) is 32.5 Å². The van der Waals surface area contributed by atoms with Crippen LogP contribution in [0, 0.1) is 18.6 Å². The number of morpholine rings is 1. The van der Waals surface area contributed by atoms with Gasteiger partial charge in [0.25, 0.3) is 6.43 Å². The van der Waals surface area contributed by atoms with Crippen LogP contribution in [0.25, 0.3) is 22.4 Å². The number of alkyl halides is 2. The van der Waals surface area contributed by atoms with Crippen molar-refractivity contribution >= 4 is 17.1 Å². The van der Waals surface area contributed by atoms with E-state index in [-0.39, 0.29) is 46.3 Å². The fourth-order valence-corrected chi connectivity index (χ4v) is 4.60. The van der Waals surface area contributed by atoms with Crippen molar-refractivity contribution in [3.8, 4) is 11.3 Å². The predicted molar refractivity (Wildman–Crippen MR) is 126 cm³/mol. The van der Waals surface area contributed by atoms with Crippen LogP contribution < -0.4 is 4.90 Å². The molecule has 2 fully saturated rings. The molecule has 192 valence electrons. The summed E-state index contributed by atoms with van der Waals surface area (Å²) in [4.78, 5) is 19.3. The van der Waals surface area contributed by atoms with Crippen LogP contribution in [0.1, 0.15) is 55.3 Å². The quantitative estimate of drug-likeness (QED) is 0.343. The fourth-order valence-electron chi connectivity index (χ4n) is 4.60. The molecule has 1 aromatic carbocycles. The van der Waals surface area contributed by atoms with Crippen molar-refractivity contribution in [3.63, 3.8) is 0 Å². The van der Waals surface area contributed by atoms with Crippen molar-refractivity contribution < 1.29 is 22.3 Å². The van der Waals surface area contributed by atoms with Gasteiger partial charge in [-0.15, -0.1) is 0 Å². The molecule has 0 N–H and O–H groups in total. The lowest BCUT2D eigenvalue weighted by Crippen LogP contribution is -2.43. The molecule has 2 atom stereocenters. The molecule has 4 aromatic rings. The molecular formula is C25H23F4N7O. The minimum atomic E-state index is -2.89. The van der Waals surface area contributed by atoms with Gasteiger partial charge in [-0.05, 0) is 38.8 Å². The van der Waals surface area contributed by atoms with Gasteiger partial charge in [0.05, 0.1) is 30.6 Å². The minimum absolute atomic E-state index is 0.0124. The highest BCUT2D eigenvalue weighted by Crippen LogP contribution is 2.36. The maximum Gasteiger partial charge on any atom is 0.282 e. The van der Waals surface area contributed by atoms with Gasteiger partial charge < -0.3 is 9.64 Å². The molecule has 4 heterocycles. The van der Waals surface area contributed by atoms with E-state index in [9.17, 15) is 17.6 Å². The van der Waals surface area contributed by atoms with Gasteiger partial charge in [-0.1, -0.05) is 0 Å². The van der Waals surface area contributed by atoms with Crippen LogP contribution in [0.5, 0.6) is 0 Å². The number of hydrogen-bond donors (Lipinski definition) is 0. The first-order chi connectivity index (χ1) is 17.8. The zero-order valence-electron chi connectivity index (χ0n) is 20.1. The zero-order valence-corrected chi connectivity index (χ0v) is 20.1. The molecule has 1 aliphatic heterocycles. The molecule has 0 amide bonds. The highest BCUT2D eigenvalue weighted by Gasteiger charge is 2.32. The third kappa shape index (κ3) is 4.50. The predicted octanol–water partition coefficient (Wildman–Crippen LogP) is 5.11. The van der Waals surface area contributed by atoms with Crippen LogP contribution in [0.4, 0.5) is 23.5 Å². The Morgan fingerprint density at radius 1 is 1.05 bits per heavy atom. The Balaban J connectivity index is 1.45. The second-order valence-corrected chi connectivity index (χ2v) is 9.49. The third-order valence-electron chi connectivity index (χ3n) is 6.58. The Kier molecular flexibility index (Phi) is 5.78. The second-order valence-electron chi connectivity index (χ2n) is 9.49. The van der Waals surface area contributed by atoms with E-state index in [0.717, 1.165) is 24.5 Å². The first-order valence-electron chi connectivity index (χ1n) is 12.0. The fraction of sp³-hybridized carbons (Fsp3) is 0.400. The van der Waals surface area contributed by atoms with Crippen LogP contribution in [-0.2, 0) is 4.74 Å². The SMILES string of the molecule is Cc1nc2nc(N3C[C@@H](c4cnn(C5CC5)c4)O[C@@H](C)C3)nc(-c3ccc(F)cc3F)c2nc1C(F)F. The number of anilines is 1. The largest absolute Gasteiger partial charge is 0.367 e. The Morgan fingerprint density at radius 3 is 2.59 bits per heavy atom. The minimum Gasteiger partial charge on any atom is -0.367 e. The molecule has 0 radical (unpaired) electrons. The zero-order chi connectivity index (χ0) is 25.8. The third-order valence-corrected chi connectivity index (χ3v) is 6.58. The van der Waals surface area contributed by atoms with Crippen molar-refractivity contribution in [1.82, 2.24) is 29.7 Å². The summed E-state index contributed by atoms with van der Waals surface area (Å²) in [6.07, 6.45) is 2.60. The van der Waals surface area contributed by atoms with Crippen molar-refractivity contribution in [2.24, 2.45) is 0 Å². The van der Waals surface area contributed by atoms with E-state index in [0.29, 0.717) is 25.2 Å². The summed E-state index contributed by atoms with van der Waals surface area (Å²) in [5.74, 6) is -1.45. The lowest BCUT2D eigenvalue weighted by molar-refractivity contribution is -0.0178. The van der Waals surface area contributed by atoms with E-state index in [1.165, 1.54) is 13.0 Å². The molecule has 0 spiro atoms. The summed E-state index contributed by atoms with van der Waals surface area (Å²) < 4.78 is 63.8. The lowest BCUT2D eigenvalue weighted by atomic mass is 10.1. The second kappa shape index (κ2) is 9.02. The van der Waals surface area contributed by atoms with Crippen molar-refractivity contribution in [3.05, 3.63) is 59.2 Å². The Morgan fingerprint density at radius 2 is 1.86 bits per heavy atom. The van der Waals surface area contributed by atoms with Crippen LogP contribution >= 0.6 is 0 Å². The molecule has 3 aromatic heterocycles. The summed E-state index contributed by atoms with van der Waals surface area (Å²) >= 11 is 0. The number of aromatic nitrogens is 6. The summed E-state index contributed by atoms with van der Waals surface area (Å²) in [5.41, 5.74) is 0.229. The van der Waals surface area contributed by atoms with E-state index in [2.05, 4.69) is 25.0 Å². The van der Waals surface area contributed by atoms with Crippen LogP contribution in [0.2, 0.25) is 0 Å². The van der Waals surface area contributed by atoms with Crippen molar-refractivity contribution in [1.29, 1.82) is 0 Å². The number of hydrogen-bond acceptors (Lipinski definition) is 7. The number of aryl methyl sites for hydroxylation is 1. The monoisotopic (exact) mass is 513 g/mol. The highest BCUT2D eigenvalue weighted by molar-refractivity contribution is 5.88. The number of rotatable bonds is 5. The first kappa shape index (κ1) is 23.7. The standard InChI is InChI=1S/C25H23F4N7O/c1-12-9-35(11-19(37-12)14-8-30-36(10-14)16-4-5-16)25-33-21(17-6-3-15(26)7-18(17)27)22-24(34-25)31-13(2)20(32-22)23(28)29/h3,6-8,10,12,16,19,23H,4-5,9,11H2,1-2H3/t12-,19-/m0/s1. The average molecular weight is 513 g/mol. The summed E-state index contributed by atoms with van der Waals surface area (Å²) in [5, 5.41) is 4.45. The number of nitrogens with zero attached hydrogens (tertiary/aromatic N) is 7. The smallest absolute Gasteiger partial charge is 0.282 e. The summed E-state index contributed by atoms with van der Waals surface area (Å²) in [6, 6.07) is 3.43. The van der Waals surface area contributed by atoms with E-state index >= 15 is 0 Å². The molecule has 8 nitrogen and oxygen atoms in total. The number of benzene rings is 1. The van der Waals surface area contributed by atoms with E-state index < -0.39 is 23.8 Å². The van der Waals surface area contributed by atoms with E-state index in [1.807, 2.05) is 22.7 Å². The maximum absolute atomic E-state index is 14.9. The van der Waals surface area contributed by atoms with E-state index in [4.69, 9.17) is 4.74 Å². The molecule has 1 saturated carbocycles. The topological polar surface area (TPSA) is 81.9 Å². The normalized spacial score (nSPS) is 20.2. The van der Waals surface area contributed by atoms with Gasteiger partial charge in [0, 0.05) is 29.9 Å². The van der Waals surface area contributed by atoms with Crippen molar-refractivity contribution in [2.75, 3.05) is 18.0 Å². The lowest BCUT2D eigenvalue weighted by Gasteiger charge is -2.36. The molecule has 6 rings (SSSR count). The van der Waals surface area contributed by atoms with Crippen LogP contribution in [0.3, 0.4) is 0 Å². The molecule has 1 saturated heterocycles. The van der Waals surface area contributed by atoms with Crippen LogP contribution in [-0.4, -0.2) is 48.9 Å². The van der Waals surface area contributed by atoms with Gasteiger partial charge >= 0.3 is 0 Å². The molecule has 0 unspecified atom stereocenters. The van der Waals surface area contributed by atoms with Gasteiger partial charge in [0.15, 0.2) is 5.65 Å². The Labute approximate surface area is 209 Å². The van der Waals surface area contributed by atoms with Crippen LogP contribution in [0.15, 0.2) is 30.6 Å². The van der Waals surface area contributed by atoms with Crippen molar-refractivity contribution in [2.45, 2.75) is 51.4 Å². The summed E-state index contributed by atoms with van der Waals surface area (Å²) in [6.45, 7) is 4.16. The highest BCUT2D eigenvalue weighted by atomic mass is 19.3. The Bertz CT molecular complexity index is 1490. The van der Waals surface area contributed by atoms with Gasteiger partial charge in [0.1, 0.15) is 34.6 Å². The Hall–Kier alpha value is -3.67. The summed E-state index contributed by atoms with van der Waals surface area (Å²) in [7, 11) is 0. The molecule has 12 heteroatoms. The van der Waals surface area contributed by atoms with Gasteiger partial charge in [-0.2, -0.15) is 10.1 Å². The van der Waals surface area contributed by atoms with Gasteiger partial charge in [0.2, 0.25) is 5.95 Å². The molecule has 2 aliphatic rings. The van der Waals surface area contributed by atoms with Gasteiger partial charge in [-0.3, -0.25) is 4.68 Å². The number of ether oxygens (including phenoxy) is 1. The number of halogens is 4. The molecule has 1 aliphatic carbocycles. The molecule has 37 heavy (non-hydrogen) atoms. The van der Waals surface area contributed by atoms with E-state index in [1.54, 1.807) is 6.20 Å². The first-order valence-corrected chi connectivity index (χ1v) is 12.0. The number of fused-ring (bicyclic) bond motifs is 1. The average Bonchev–Trinajstić information content (AvgIpc) is 3.58.